The molecule has 1 atom stereocenters. The molecule has 1 saturated heterocycles. The lowest BCUT2D eigenvalue weighted by atomic mass is 10.0. The van der Waals surface area contributed by atoms with Crippen LogP contribution >= 0.6 is 0 Å². The van der Waals surface area contributed by atoms with Gasteiger partial charge in [0.05, 0.1) is 31.9 Å². The smallest absolute Gasteiger partial charge is 0.269 e. The number of methoxy groups -OCH3 is 1. The Hall–Kier alpha value is -2.79. The number of rotatable bonds is 6. The molecule has 11 heteroatoms. The summed E-state index contributed by atoms with van der Waals surface area (Å²) < 4.78 is 14.6. The largest absolute Gasteiger partial charge is 0.375 e. The van der Waals surface area contributed by atoms with E-state index in [2.05, 4.69) is 20.7 Å². The molecule has 29 heavy (non-hydrogen) atoms. The van der Waals surface area contributed by atoms with Gasteiger partial charge in [0.25, 0.3) is 5.91 Å². The van der Waals surface area contributed by atoms with Crippen LogP contribution in [-0.4, -0.2) is 73.9 Å². The predicted molar refractivity (Wildman–Crippen MR) is 99.7 cm³/mol. The van der Waals surface area contributed by atoms with E-state index in [0.717, 1.165) is 12.1 Å². The van der Waals surface area contributed by atoms with Crippen molar-refractivity contribution in [2.24, 2.45) is 0 Å². The summed E-state index contributed by atoms with van der Waals surface area (Å²) >= 11 is 0. The van der Waals surface area contributed by atoms with Crippen molar-refractivity contribution in [1.82, 2.24) is 35.0 Å². The average Bonchev–Trinajstić information content (AvgIpc) is 3.45. The summed E-state index contributed by atoms with van der Waals surface area (Å²) in [6.07, 6.45) is 2.35. The minimum absolute atomic E-state index is 0.0351. The summed E-state index contributed by atoms with van der Waals surface area (Å²) in [4.78, 5) is 26.2. The number of amides is 2. The number of nitrogens with one attached hydrogen (secondary N) is 1. The summed E-state index contributed by atoms with van der Waals surface area (Å²) in [5.41, 5.74) is 1.59. The molecule has 0 aromatic carbocycles. The predicted octanol–water partition coefficient (Wildman–Crippen LogP) is -0.428. The maximum Gasteiger partial charge on any atom is 0.269 e. The van der Waals surface area contributed by atoms with E-state index in [-0.39, 0.29) is 25.0 Å². The zero-order valence-corrected chi connectivity index (χ0v) is 16.6. The van der Waals surface area contributed by atoms with Crippen molar-refractivity contribution in [2.75, 3.05) is 26.8 Å². The highest BCUT2D eigenvalue weighted by Crippen LogP contribution is 2.32. The van der Waals surface area contributed by atoms with Gasteiger partial charge in [-0.2, -0.15) is 5.10 Å². The van der Waals surface area contributed by atoms with Crippen LogP contribution in [0.4, 0.5) is 0 Å². The fraction of sp³-hybridized carbons (Fsp3) is 0.611. The fourth-order valence-electron chi connectivity index (χ4n) is 3.88. The number of ether oxygens (including phenoxy) is 2. The van der Waals surface area contributed by atoms with Crippen LogP contribution in [0.1, 0.15) is 35.2 Å². The molecule has 0 radical (unpaired) electrons. The van der Waals surface area contributed by atoms with Crippen molar-refractivity contribution in [1.29, 1.82) is 0 Å². The molecule has 1 N–H and O–H groups in total. The van der Waals surface area contributed by atoms with Gasteiger partial charge in [-0.25, -0.2) is 4.68 Å². The van der Waals surface area contributed by atoms with Gasteiger partial charge in [0, 0.05) is 26.4 Å². The minimum atomic E-state index is -0.446. The Labute approximate surface area is 167 Å². The minimum Gasteiger partial charge on any atom is -0.375 e. The lowest BCUT2D eigenvalue weighted by molar-refractivity contribution is -0.137. The van der Waals surface area contributed by atoms with E-state index in [1.165, 1.54) is 7.11 Å². The van der Waals surface area contributed by atoms with Crippen LogP contribution in [0.2, 0.25) is 0 Å². The van der Waals surface area contributed by atoms with Crippen molar-refractivity contribution < 1.29 is 19.1 Å². The second-order valence-electron chi connectivity index (χ2n) is 7.33. The molecule has 2 aliphatic heterocycles. The Bertz CT molecular complexity index is 908. The molecule has 156 valence electrons. The summed E-state index contributed by atoms with van der Waals surface area (Å²) in [7, 11) is 1.51. The summed E-state index contributed by atoms with van der Waals surface area (Å²) in [6, 6.07) is 1.68. The number of nitrogens with zero attached hydrogens (tertiary/aromatic N) is 6. The molecule has 4 heterocycles. The molecule has 1 spiro atoms. The van der Waals surface area contributed by atoms with Crippen molar-refractivity contribution in [3.8, 4) is 0 Å². The first-order valence-corrected chi connectivity index (χ1v) is 9.67. The van der Waals surface area contributed by atoms with Crippen molar-refractivity contribution in [3.05, 3.63) is 29.3 Å². The Morgan fingerprint density at radius 1 is 1.38 bits per heavy atom. The molecular weight excluding hydrogens is 378 g/mol. The van der Waals surface area contributed by atoms with E-state index < -0.39 is 5.60 Å². The Morgan fingerprint density at radius 2 is 2.24 bits per heavy atom. The standard InChI is InChI=1S/C18H25N7O4/c1-3-24-14(4-6-20-24)17(27)19-8-13-15-9-29-18(12-25(15)22-21-13)5-7-23(11-18)16(26)10-28-2/h4,6H,3,5,7-12H2,1-2H3,(H,19,27). The van der Waals surface area contributed by atoms with Crippen LogP contribution in [0.25, 0.3) is 0 Å². The first kappa shape index (κ1) is 19.5. The van der Waals surface area contributed by atoms with Gasteiger partial charge in [-0.3, -0.25) is 14.3 Å². The first-order valence-electron chi connectivity index (χ1n) is 9.67. The molecule has 0 bridgehead atoms. The summed E-state index contributed by atoms with van der Waals surface area (Å²) in [6.45, 7) is 4.92. The second kappa shape index (κ2) is 7.91. The maximum absolute atomic E-state index is 12.4. The van der Waals surface area contributed by atoms with Crippen LogP contribution in [-0.2, 0) is 40.5 Å². The molecule has 2 amide bonds. The number of aryl methyl sites for hydroxylation is 1. The third kappa shape index (κ3) is 3.75. The molecule has 0 saturated carbocycles. The molecule has 2 aromatic heterocycles. The number of likely N-dealkylation sites (tertiary alicyclic amines) is 1. The normalized spacial score (nSPS) is 20.8. The third-order valence-corrected chi connectivity index (χ3v) is 5.47. The molecule has 4 rings (SSSR count). The zero-order valence-electron chi connectivity index (χ0n) is 16.6. The van der Waals surface area contributed by atoms with Crippen LogP contribution < -0.4 is 5.32 Å². The lowest BCUT2D eigenvalue weighted by Gasteiger charge is -2.33. The van der Waals surface area contributed by atoms with Gasteiger partial charge < -0.3 is 19.7 Å². The van der Waals surface area contributed by atoms with Crippen molar-refractivity contribution in [3.63, 3.8) is 0 Å². The molecule has 0 aliphatic carbocycles. The van der Waals surface area contributed by atoms with Crippen LogP contribution in [0.3, 0.4) is 0 Å². The number of aromatic nitrogens is 5. The Morgan fingerprint density at radius 3 is 3.03 bits per heavy atom. The van der Waals surface area contributed by atoms with Gasteiger partial charge >= 0.3 is 0 Å². The van der Waals surface area contributed by atoms with E-state index in [4.69, 9.17) is 9.47 Å². The Balaban J connectivity index is 1.39. The van der Waals surface area contributed by atoms with Gasteiger partial charge in [-0.05, 0) is 19.4 Å². The third-order valence-electron chi connectivity index (χ3n) is 5.47. The fourth-order valence-corrected chi connectivity index (χ4v) is 3.88. The zero-order chi connectivity index (χ0) is 20.4. The molecular formula is C18H25N7O4. The topological polar surface area (TPSA) is 116 Å². The highest BCUT2D eigenvalue weighted by molar-refractivity contribution is 5.92. The highest BCUT2D eigenvalue weighted by Gasteiger charge is 2.44. The Kier molecular flexibility index (Phi) is 5.33. The number of carbonyl (C=O) groups excluding carboxylic acids is 2. The monoisotopic (exact) mass is 403 g/mol. The van der Waals surface area contributed by atoms with Crippen LogP contribution in [0.15, 0.2) is 12.3 Å². The van der Waals surface area contributed by atoms with E-state index in [0.29, 0.717) is 44.2 Å². The number of hydrogen-bond donors (Lipinski definition) is 1. The first-order chi connectivity index (χ1) is 14.0. The summed E-state index contributed by atoms with van der Waals surface area (Å²) in [5, 5.41) is 15.5. The van der Waals surface area contributed by atoms with Crippen LogP contribution in [0, 0.1) is 0 Å². The van der Waals surface area contributed by atoms with Gasteiger partial charge in [-0.15, -0.1) is 5.10 Å². The summed E-state index contributed by atoms with van der Waals surface area (Å²) in [5.74, 6) is -0.241. The lowest BCUT2D eigenvalue weighted by Crippen LogP contribution is -2.45. The number of hydrogen-bond acceptors (Lipinski definition) is 7. The van der Waals surface area contributed by atoms with Crippen LogP contribution in [0.5, 0.6) is 0 Å². The van der Waals surface area contributed by atoms with E-state index in [1.54, 1.807) is 21.8 Å². The van der Waals surface area contributed by atoms with E-state index in [1.807, 2.05) is 11.6 Å². The molecule has 2 aromatic rings. The van der Waals surface area contributed by atoms with Gasteiger partial charge in [0.1, 0.15) is 23.6 Å². The van der Waals surface area contributed by atoms with Gasteiger partial charge in [0.15, 0.2) is 0 Å². The van der Waals surface area contributed by atoms with Gasteiger partial charge in [-0.1, -0.05) is 5.21 Å². The SMILES string of the molecule is CCn1nccc1C(=O)NCc1nnn2c1COC1(CCN(C(=O)COC)C1)C2. The van der Waals surface area contributed by atoms with Crippen molar-refractivity contribution >= 4 is 11.8 Å². The quantitative estimate of drug-likeness (QED) is 0.696. The van der Waals surface area contributed by atoms with E-state index in [9.17, 15) is 9.59 Å². The van der Waals surface area contributed by atoms with E-state index >= 15 is 0 Å². The molecule has 11 nitrogen and oxygen atoms in total. The maximum atomic E-state index is 12.4. The second-order valence-corrected chi connectivity index (χ2v) is 7.33. The van der Waals surface area contributed by atoms with Crippen molar-refractivity contribution in [2.45, 2.75) is 45.2 Å². The molecule has 1 fully saturated rings. The van der Waals surface area contributed by atoms with Gasteiger partial charge in [0.2, 0.25) is 5.91 Å². The number of carbonyl (C=O) groups is 2. The highest BCUT2D eigenvalue weighted by atomic mass is 16.5. The average molecular weight is 403 g/mol. The number of fused-ring (bicyclic) bond motifs is 1. The molecule has 2 aliphatic rings. The molecule has 1 unspecified atom stereocenters.